The summed E-state index contributed by atoms with van der Waals surface area (Å²) in [6.07, 6.45) is -0.846. The lowest BCUT2D eigenvalue weighted by molar-refractivity contribution is -0.145. The molecule has 2 aromatic carbocycles. The van der Waals surface area contributed by atoms with Gasteiger partial charge in [0, 0.05) is 11.4 Å². The molecule has 0 saturated heterocycles. The molecule has 0 amide bonds. The summed E-state index contributed by atoms with van der Waals surface area (Å²) in [6.45, 7) is 1.83. The van der Waals surface area contributed by atoms with Crippen molar-refractivity contribution in [2.75, 3.05) is 7.11 Å². The van der Waals surface area contributed by atoms with Crippen molar-refractivity contribution >= 4 is 29.2 Å². The minimum Gasteiger partial charge on any atom is -0.495 e. The Balaban J connectivity index is 2.17. The summed E-state index contributed by atoms with van der Waals surface area (Å²) in [7, 11) is 1.52. The third-order valence-corrected chi connectivity index (χ3v) is 4.04. The predicted molar refractivity (Wildman–Crippen MR) is 89.9 cm³/mol. The number of rotatable bonds is 6. The van der Waals surface area contributed by atoms with E-state index in [2.05, 4.69) is 0 Å². The Kier molecular flexibility index (Phi) is 5.74. The van der Waals surface area contributed by atoms with Crippen LogP contribution in [0.5, 0.6) is 11.5 Å². The molecule has 0 saturated carbocycles. The molecule has 0 aliphatic rings. The Morgan fingerprint density at radius 3 is 2.48 bits per heavy atom. The van der Waals surface area contributed by atoms with Gasteiger partial charge in [-0.25, -0.2) is 4.79 Å². The van der Waals surface area contributed by atoms with Gasteiger partial charge in [0.25, 0.3) is 0 Å². The zero-order valence-electron chi connectivity index (χ0n) is 12.7. The molecule has 1 atom stereocenters. The summed E-state index contributed by atoms with van der Waals surface area (Å²) < 4.78 is 10.7. The van der Waals surface area contributed by atoms with E-state index in [1.54, 1.807) is 36.4 Å². The van der Waals surface area contributed by atoms with E-state index in [9.17, 15) is 9.90 Å². The minimum atomic E-state index is -1.05. The van der Waals surface area contributed by atoms with Gasteiger partial charge in [0.2, 0.25) is 0 Å². The van der Waals surface area contributed by atoms with Crippen molar-refractivity contribution in [3.8, 4) is 11.5 Å². The van der Waals surface area contributed by atoms with E-state index < -0.39 is 12.1 Å². The molecule has 0 bridgehead atoms. The fraction of sp³-hybridized carbons (Fsp3) is 0.235. The lowest BCUT2D eigenvalue weighted by Gasteiger charge is -2.16. The van der Waals surface area contributed by atoms with Crippen molar-refractivity contribution in [1.29, 1.82) is 0 Å². The SMILES string of the molecule is COc1ccc(CC(Oc2ccc(Cl)c(C)c2)C(=O)O)cc1Cl. The van der Waals surface area contributed by atoms with Crippen LogP contribution in [0.1, 0.15) is 11.1 Å². The van der Waals surface area contributed by atoms with Gasteiger partial charge in [-0.15, -0.1) is 0 Å². The van der Waals surface area contributed by atoms with Gasteiger partial charge < -0.3 is 14.6 Å². The van der Waals surface area contributed by atoms with Gasteiger partial charge in [0.1, 0.15) is 11.5 Å². The fourth-order valence-electron chi connectivity index (χ4n) is 2.09. The van der Waals surface area contributed by atoms with Crippen LogP contribution in [0.4, 0.5) is 0 Å². The molecule has 0 aromatic heterocycles. The summed E-state index contributed by atoms with van der Waals surface area (Å²) in [5.41, 5.74) is 1.56. The Labute approximate surface area is 144 Å². The Bertz CT molecular complexity index is 716. The molecule has 1 unspecified atom stereocenters. The van der Waals surface area contributed by atoms with E-state index in [1.807, 2.05) is 6.92 Å². The van der Waals surface area contributed by atoms with Gasteiger partial charge >= 0.3 is 5.97 Å². The van der Waals surface area contributed by atoms with Crippen LogP contribution in [-0.4, -0.2) is 24.3 Å². The average molecular weight is 355 g/mol. The molecule has 23 heavy (non-hydrogen) atoms. The Morgan fingerprint density at radius 2 is 1.91 bits per heavy atom. The van der Waals surface area contributed by atoms with E-state index in [4.69, 9.17) is 32.7 Å². The highest BCUT2D eigenvalue weighted by Gasteiger charge is 2.21. The summed E-state index contributed by atoms with van der Waals surface area (Å²) in [5, 5.41) is 10.4. The quantitative estimate of drug-likeness (QED) is 0.835. The largest absolute Gasteiger partial charge is 0.495 e. The van der Waals surface area contributed by atoms with E-state index >= 15 is 0 Å². The number of methoxy groups -OCH3 is 1. The zero-order valence-corrected chi connectivity index (χ0v) is 14.2. The van der Waals surface area contributed by atoms with E-state index in [0.717, 1.165) is 11.1 Å². The summed E-state index contributed by atoms with van der Waals surface area (Å²) in [4.78, 5) is 11.5. The second-order valence-electron chi connectivity index (χ2n) is 5.03. The predicted octanol–water partition coefficient (Wildman–Crippen LogP) is 4.39. The molecule has 4 nitrogen and oxygen atoms in total. The summed E-state index contributed by atoms with van der Waals surface area (Å²) in [6, 6.07) is 10.2. The highest BCUT2D eigenvalue weighted by Crippen LogP contribution is 2.27. The molecular formula is C17H16Cl2O4. The van der Waals surface area contributed by atoms with Crippen LogP contribution >= 0.6 is 23.2 Å². The number of aliphatic carboxylic acids is 1. The number of hydrogen-bond acceptors (Lipinski definition) is 3. The number of carboxylic acid groups (broad SMARTS) is 1. The highest BCUT2D eigenvalue weighted by molar-refractivity contribution is 6.32. The van der Waals surface area contributed by atoms with Gasteiger partial charge in [-0.05, 0) is 48.4 Å². The second-order valence-corrected chi connectivity index (χ2v) is 5.84. The lowest BCUT2D eigenvalue weighted by atomic mass is 10.1. The van der Waals surface area contributed by atoms with Crippen molar-refractivity contribution in [1.82, 2.24) is 0 Å². The average Bonchev–Trinajstić information content (AvgIpc) is 2.50. The Hall–Kier alpha value is -1.91. The van der Waals surface area contributed by atoms with Crippen LogP contribution in [0.25, 0.3) is 0 Å². The first-order valence-corrected chi connectivity index (χ1v) is 7.64. The number of carbonyl (C=O) groups is 1. The number of hydrogen-bond donors (Lipinski definition) is 1. The van der Waals surface area contributed by atoms with Crippen LogP contribution in [0.15, 0.2) is 36.4 Å². The second kappa shape index (κ2) is 7.57. The molecule has 2 aromatic rings. The van der Waals surface area contributed by atoms with Crippen LogP contribution < -0.4 is 9.47 Å². The summed E-state index contributed by atoms with van der Waals surface area (Å²) in [5.74, 6) is -0.0556. The standard InChI is InChI=1S/C17H16Cl2O4/c1-10-7-12(4-5-13(10)18)23-16(17(20)21)9-11-3-6-15(22-2)14(19)8-11/h3-8,16H,9H2,1-2H3,(H,20,21). The van der Waals surface area contributed by atoms with Crippen LogP contribution in [0, 0.1) is 6.92 Å². The number of benzene rings is 2. The van der Waals surface area contributed by atoms with Gasteiger partial charge in [0.15, 0.2) is 6.10 Å². The molecular weight excluding hydrogens is 339 g/mol. The first-order valence-electron chi connectivity index (χ1n) is 6.88. The molecule has 0 fully saturated rings. The molecule has 0 heterocycles. The summed E-state index contributed by atoms with van der Waals surface area (Å²) >= 11 is 12.0. The topological polar surface area (TPSA) is 55.8 Å². The number of aryl methyl sites for hydroxylation is 1. The highest BCUT2D eigenvalue weighted by atomic mass is 35.5. The van der Waals surface area contributed by atoms with Crippen molar-refractivity contribution in [2.24, 2.45) is 0 Å². The van der Waals surface area contributed by atoms with Gasteiger partial charge in [-0.3, -0.25) is 0 Å². The first-order chi connectivity index (χ1) is 10.9. The van der Waals surface area contributed by atoms with E-state index in [1.165, 1.54) is 7.11 Å². The molecule has 0 spiro atoms. The van der Waals surface area contributed by atoms with Gasteiger partial charge in [0.05, 0.1) is 12.1 Å². The van der Waals surface area contributed by atoms with E-state index in [0.29, 0.717) is 21.5 Å². The first kappa shape index (κ1) is 17.4. The normalized spacial score (nSPS) is 11.8. The fourth-order valence-corrected chi connectivity index (χ4v) is 2.48. The molecule has 0 aliphatic heterocycles. The van der Waals surface area contributed by atoms with Crippen molar-refractivity contribution in [2.45, 2.75) is 19.4 Å². The van der Waals surface area contributed by atoms with Gasteiger partial charge in [-0.2, -0.15) is 0 Å². The maximum Gasteiger partial charge on any atom is 0.345 e. The lowest BCUT2D eigenvalue weighted by Crippen LogP contribution is -2.29. The maximum absolute atomic E-state index is 11.5. The monoisotopic (exact) mass is 354 g/mol. The van der Waals surface area contributed by atoms with Crippen LogP contribution in [-0.2, 0) is 11.2 Å². The third-order valence-electron chi connectivity index (χ3n) is 3.32. The smallest absolute Gasteiger partial charge is 0.345 e. The number of ether oxygens (including phenoxy) is 2. The molecule has 1 N–H and O–H groups in total. The van der Waals surface area contributed by atoms with Crippen LogP contribution in [0.3, 0.4) is 0 Å². The van der Waals surface area contributed by atoms with Gasteiger partial charge in [-0.1, -0.05) is 29.3 Å². The molecule has 0 aliphatic carbocycles. The number of halogens is 2. The van der Waals surface area contributed by atoms with Crippen molar-refractivity contribution < 1.29 is 19.4 Å². The minimum absolute atomic E-state index is 0.181. The molecule has 0 radical (unpaired) electrons. The molecule has 6 heteroatoms. The third kappa shape index (κ3) is 4.53. The van der Waals surface area contributed by atoms with Crippen LogP contribution in [0.2, 0.25) is 10.0 Å². The maximum atomic E-state index is 11.5. The van der Waals surface area contributed by atoms with Crippen molar-refractivity contribution in [3.63, 3.8) is 0 Å². The molecule has 122 valence electrons. The zero-order chi connectivity index (χ0) is 17.0. The Morgan fingerprint density at radius 1 is 1.17 bits per heavy atom. The molecule has 2 rings (SSSR count). The number of carboxylic acids is 1. The van der Waals surface area contributed by atoms with Crippen molar-refractivity contribution in [3.05, 3.63) is 57.6 Å². The van der Waals surface area contributed by atoms with E-state index in [-0.39, 0.29) is 6.42 Å².